The van der Waals surface area contributed by atoms with Gasteiger partial charge in [-0.25, -0.2) is 0 Å². The highest BCUT2D eigenvalue weighted by Gasteiger charge is 2.35. The van der Waals surface area contributed by atoms with Crippen LogP contribution >= 0.6 is 22.9 Å². The summed E-state index contributed by atoms with van der Waals surface area (Å²) in [7, 11) is 2.99. The van der Waals surface area contributed by atoms with Crippen molar-refractivity contribution in [2.24, 2.45) is 5.92 Å². The maximum atomic E-state index is 13.4. The largest absolute Gasteiger partial charge is 0.495 e. The van der Waals surface area contributed by atoms with Crippen LogP contribution in [0.5, 0.6) is 11.5 Å². The van der Waals surface area contributed by atoms with E-state index in [0.717, 1.165) is 24.3 Å². The third-order valence-electron chi connectivity index (χ3n) is 7.79. The third-order valence-corrected chi connectivity index (χ3v) is 8.96. The molecule has 2 amide bonds. The average molecular weight is 605 g/mol. The molecular formula is C31H29ClN4O5S. The zero-order valence-electron chi connectivity index (χ0n) is 23.1. The van der Waals surface area contributed by atoms with Gasteiger partial charge in [-0.1, -0.05) is 23.7 Å². The van der Waals surface area contributed by atoms with Gasteiger partial charge in [-0.2, -0.15) is 0 Å². The molecule has 216 valence electrons. The fourth-order valence-electron chi connectivity index (χ4n) is 5.89. The summed E-state index contributed by atoms with van der Waals surface area (Å²) in [5, 5.41) is 8.08. The van der Waals surface area contributed by atoms with Crippen molar-refractivity contribution >= 4 is 51.8 Å². The van der Waals surface area contributed by atoms with E-state index in [1.807, 2.05) is 34.2 Å². The maximum absolute atomic E-state index is 13.4. The lowest BCUT2D eigenvalue weighted by atomic mass is 9.83. The molecule has 11 heteroatoms. The van der Waals surface area contributed by atoms with Gasteiger partial charge < -0.3 is 29.6 Å². The van der Waals surface area contributed by atoms with E-state index in [0.29, 0.717) is 51.4 Å². The van der Waals surface area contributed by atoms with E-state index in [9.17, 15) is 14.4 Å². The van der Waals surface area contributed by atoms with E-state index < -0.39 is 5.91 Å². The lowest BCUT2D eigenvalue weighted by Crippen LogP contribution is -2.47. The average Bonchev–Trinajstić information content (AvgIpc) is 3.53. The molecule has 2 unspecified atom stereocenters. The van der Waals surface area contributed by atoms with Crippen LogP contribution in [0, 0.1) is 5.92 Å². The van der Waals surface area contributed by atoms with Crippen LogP contribution in [-0.2, 0) is 6.54 Å². The van der Waals surface area contributed by atoms with Crippen molar-refractivity contribution in [1.29, 1.82) is 0 Å². The lowest BCUT2D eigenvalue weighted by molar-refractivity contribution is 0.101. The summed E-state index contributed by atoms with van der Waals surface area (Å²) in [4.78, 5) is 41.9. The van der Waals surface area contributed by atoms with Crippen molar-refractivity contribution in [3.63, 3.8) is 0 Å². The van der Waals surface area contributed by atoms with Crippen LogP contribution in [0.1, 0.15) is 38.1 Å². The quantitative estimate of drug-likeness (QED) is 0.280. The molecule has 6 rings (SSSR count). The number of thiophene rings is 1. The van der Waals surface area contributed by atoms with Crippen LogP contribution in [0.15, 0.2) is 70.8 Å². The number of amides is 2. The molecule has 0 spiro atoms. The number of hydrogen-bond acceptors (Lipinski definition) is 7. The molecule has 2 N–H and O–H groups in total. The monoisotopic (exact) mass is 604 g/mol. The molecule has 1 saturated heterocycles. The number of anilines is 3. The van der Waals surface area contributed by atoms with Crippen LogP contribution in [-0.4, -0.2) is 43.7 Å². The van der Waals surface area contributed by atoms with Gasteiger partial charge in [0.05, 0.1) is 41.2 Å². The predicted octanol–water partition coefficient (Wildman–Crippen LogP) is 5.71. The zero-order chi connectivity index (χ0) is 29.4. The molecule has 2 aliphatic rings. The molecule has 2 aromatic heterocycles. The molecule has 2 bridgehead atoms. The van der Waals surface area contributed by atoms with E-state index in [1.165, 1.54) is 25.6 Å². The van der Waals surface area contributed by atoms with Gasteiger partial charge in [-0.05, 0) is 54.1 Å². The van der Waals surface area contributed by atoms with E-state index in [2.05, 4.69) is 15.5 Å². The first-order valence-electron chi connectivity index (χ1n) is 13.5. The van der Waals surface area contributed by atoms with Crippen molar-refractivity contribution in [3.8, 4) is 11.5 Å². The second-order valence-electron chi connectivity index (χ2n) is 10.4. The van der Waals surface area contributed by atoms with Gasteiger partial charge in [-0.15, -0.1) is 11.3 Å². The van der Waals surface area contributed by atoms with E-state index in [4.69, 9.17) is 21.1 Å². The number of piperidine rings is 1. The molecule has 9 nitrogen and oxygen atoms in total. The number of nitrogens with zero attached hydrogens (tertiary/aromatic N) is 2. The summed E-state index contributed by atoms with van der Waals surface area (Å²) in [5.41, 5.74) is 3.16. The summed E-state index contributed by atoms with van der Waals surface area (Å²) in [6.45, 7) is 2.08. The van der Waals surface area contributed by atoms with Gasteiger partial charge in [-0.3, -0.25) is 14.4 Å². The van der Waals surface area contributed by atoms with Crippen LogP contribution in [0.25, 0.3) is 0 Å². The topological polar surface area (TPSA) is 102 Å². The van der Waals surface area contributed by atoms with Crippen molar-refractivity contribution in [2.75, 3.05) is 42.8 Å². The molecule has 42 heavy (non-hydrogen) atoms. The number of nitrogens with one attached hydrogen (secondary N) is 2. The SMILES string of the molecule is COc1cc(OC)c(NC(=O)c2ccc(N3CC4CC(C3)c3cccc(=O)n3C4)c(NC(=O)c3cccs3)c2)cc1Cl. The lowest BCUT2D eigenvalue weighted by Gasteiger charge is -2.44. The van der Waals surface area contributed by atoms with Crippen molar-refractivity contribution in [1.82, 2.24) is 4.57 Å². The smallest absolute Gasteiger partial charge is 0.265 e. The Balaban J connectivity index is 1.32. The number of hydrogen-bond donors (Lipinski definition) is 2. The summed E-state index contributed by atoms with van der Waals surface area (Å²) in [6, 6.07) is 17.5. The summed E-state index contributed by atoms with van der Waals surface area (Å²) >= 11 is 7.65. The van der Waals surface area contributed by atoms with Gasteiger partial charge >= 0.3 is 0 Å². The zero-order valence-corrected chi connectivity index (χ0v) is 24.6. The van der Waals surface area contributed by atoms with Crippen molar-refractivity contribution in [2.45, 2.75) is 18.9 Å². The Kier molecular flexibility index (Phi) is 7.66. The fourth-order valence-corrected chi connectivity index (χ4v) is 6.75. The number of fused-ring (bicyclic) bond motifs is 4. The van der Waals surface area contributed by atoms with Crippen molar-refractivity contribution in [3.05, 3.63) is 97.6 Å². The standard InChI is InChI=1S/C31H29ClN4O5S/c1-40-26-14-27(41-2)23(13-21(26)32)34-30(38)19-8-9-25(22(12-19)33-31(39)28-6-4-10-42-28)35-15-18-11-20(17-35)24-5-3-7-29(37)36(24)16-18/h3-10,12-14,18,20H,11,15-17H2,1-2H3,(H,33,39)(H,34,38). The first-order valence-corrected chi connectivity index (χ1v) is 14.8. The summed E-state index contributed by atoms with van der Waals surface area (Å²) in [5.74, 6) is 0.646. The second-order valence-corrected chi connectivity index (χ2v) is 11.8. The molecule has 2 atom stereocenters. The van der Waals surface area contributed by atoms with Crippen molar-refractivity contribution < 1.29 is 19.1 Å². The Hall–Kier alpha value is -4.28. The van der Waals surface area contributed by atoms with Crippen LogP contribution in [0.3, 0.4) is 0 Å². The van der Waals surface area contributed by atoms with Gasteiger partial charge in [0.1, 0.15) is 11.5 Å². The van der Waals surface area contributed by atoms with Gasteiger partial charge in [0.2, 0.25) is 0 Å². The molecule has 1 fully saturated rings. The molecular weight excluding hydrogens is 576 g/mol. The molecule has 4 aromatic rings. The number of ether oxygens (including phenoxy) is 2. The number of aromatic nitrogens is 1. The first kappa shape index (κ1) is 27.9. The third kappa shape index (κ3) is 5.35. The molecule has 2 aliphatic heterocycles. The molecule has 2 aromatic carbocycles. The predicted molar refractivity (Wildman–Crippen MR) is 165 cm³/mol. The van der Waals surface area contributed by atoms with E-state index >= 15 is 0 Å². The second kappa shape index (κ2) is 11.5. The van der Waals surface area contributed by atoms with Gasteiger partial charge in [0.25, 0.3) is 17.4 Å². The first-order chi connectivity index (χ1) is 20.3. The highest BCUT2D eigenvalue weighted by atomic mass is 35.5. The number of rotatable bonds is 7. The van der Waals surface area contributed by atoms with E-state index in [-0.39, 0.29) is 23.3 Å². The Bertz CT molecular complexity index is 1720. The molecule has 0 radical (unpaired) electrons. The minimum Gasteiger partial charge on any atom is -0.495 e. The maximum Gasteiger partial charge on any atom is 0.265 e. The van der Waals surface area contributed by atoms with Gasteiger partial charge in [0, 0.05) is 48.9 Å². The normalized spacial score (nSPS) is 17.3. The summed E-state index contributed by atoms with van der Waals surface area (Å²) in [6.07, 6.45) is 1.00. The number of pyridine rings is 1. The molecule has 0 saturated carbocycles. The van der Waals surface area contributed by atoms with Crippen LogP contribution in [0.4, 0.5) is 17.1 Å². The number of carbonyl (C=O) groups is 2. The van der Waals surface area contributed by atoms with Crippen LogP contribution < -0.4 is 30.6 Å². The highest BCUT2D eigenvalue weighted by molar-refractivity contribution is 7.12. The Morgan fingerprint density at radius 2 is 1.71 bits per heavy atom. The van der Waals surface area contributed by atoms with E-state index in [1.54, 1.807) is 36.4 Å². The van der Waals surface area contributed by atoms with Gasteiger partial charge in [0.15, 0.2) is 0 Å². The Morgan fingerprint density at radius 3 is 2.48 bits per heavy atom. The minimum atomic E-state index is -0.392. The minimum absolute atomic E-state index is 0.0321. The number of carbonyl (C=O) groups excluding carboxylic acids is 2. The fraction of sp³-hybridized carbons (Fsp3) is 0.258. The number of halogens is 1. The number of methoxy groups -OCH3 is 2. The Morgan fingerprint density at radius 1 is 0.905 bits per heavy atom. The highest BCUT2D eigenvalue weighted by Crippen LogP contribution is 2.40. The summed E-state index contributed by atoms with van der Waals surface area (Å²) < 4.78 is 12.6. The molecule has 0 aliphatic carbocycles. The molecule has 4 heterocycles. The van der Waals surface area contributed by atoms with Crippen LogP contribution in [0.2, 0.25) is 5.02 Å². The Labute approximate surface area is 251 Å². The number of benzene rings is 2.